The Labute approximate surface area is 162 Å². The van der Waals surface area contributed by atoms with E-state index in [0.717, 1.165) is 64.8 Å². The zero-order valence-corrected chi connectivity index (χ0v) is 16.5. The molecule has 0 saturated carbocycles. The Morgan fingerprint density at radius 2 is 2.04 bits per heavy atom. The third-order valence-corrected chi connectivity index (χ3v) is 5.74. The van der Waals surface area contributed by atoms with Gasteiger partial charge in [-0.2, -0.15) is 5.10 Å². The molecule has 7 heteroatoms. The van der Waals surface area contributed by atoms with Gasteiger partial charge in [0.05, 0.1) is 6.20 Å². The molecule has 27 heavy (non-hydrogen) atoms. The van der Waals surface area contributed by atoms with Gasteiger partial charge in [-0.05, 0) is 44.7 Å². The standard InChI is InChI=1S/C20H33N5O2/c1-23-15-18(14-22-23)16-24-10-6-17(7-11-24)13-21-19(26)8-12-25-9-4-2-3-5-20(25)27/h14-15,17H,2-13,16H2,1H3,(H,21,26). The van der Waals surface area contributed by atoms with Crippen molar-refractivity contribution in [1.82, 2.24) is 24.9 Å². The molecule has 2 aliphatic heterocycles. The van der Waals surface area contributed by atoms with E-state index in [0.29, 0.717) is 25.3 Å². The zero-order chi connectivity index (χ0) is 19.1. The van der Waals surface area contributed by atoms with Gasteiger partial charge in [0.25, 0.3) is 0 Å². The van der Waals surface area contributed by atoms with Gasteiger partial charge in [0.15, 0.2) is 0 Å². The normalized spacial score (nSPS) is 19.9. The predicted molar refractivity (Wildman–Crippen MR) is 104 cm³/mol. The van der Waals surface area contributed by atoms with Crippen LogP contribution in [0.4, 0.5) is 0 Å². The van der Waals surface area contributed by atoms with Crippen LogP contribution in [-0.4, -0.2) is 64.1 Å². The largest absolute Gasteiger partial charge is 0.356 e. The van der Waals surface area contributed by atoms with Crippen molar-refractivity contribution in [3.8, 4) is 0 Å². The molecule has 0 atom stereocenters. The highest BCUT2D eigenvalue weighted by atomic mass is 16.2. The molecular formula is C20H33N5O2. The van der Waals surface area contributed by atoms with E-state index in [1.54, 1.807) is 0 Å². The maximum atomic E-state index is 12.2. The summed E-state index contributed by atoms with van der Waals surface area (Å²) in [6.07, 6.45) is 10.5. The molecule has 150 valence electrons. The number of amides is 2. The van der Waals surface area contributed by atoms with Gasteiger partial charge in [0.2, 0.25) is 11.8 Å². The Bertz CT molecular complexity index is 622. The van der Waals surface area contributed by atoms with Crippen LogP contribution in [-0.2, 0) is 23.2 Å². The van der Waals surface area contributed by atoms with Gasteiger partial charge in [-0.25, -0.2) is 0 Å². The Hall–Kier alpha value is -1.89. The lowest BCUT2D eigenvalue weighted by Gasteiger charge is -2.31. The molecule has 3 rings (SSSR count). The molecule has 2 amide bonds. The number of aromatic nitrogens is 2. The van der Waals surface area contributed by atoms with Crippen molar-refractivity contribution in [2.24, 2.45) is 13.0 Å². The molecule has 1 aromatic rings. The van der Waals surface area contributed by atoms with E-state index in [9.17, 15) is 9.59 Å². The summed E-state index contributed by atoms with van der Waals surface area (Å²) >= 11 is 0. The molecule has 2 fully saturated rings. The van der Waals surface area contributed by atoms with Crippen LogP contribution in [0, 0.1) is 5.92 Å². The summed E-state index contributed by atoms with van der Waals surface area (Å²) in [4.78, 5) is 28.5. The van der Waals surface area contributed by atoms with Gasteiger partial charge in [0, 0.05) is 57.8 Å². The highest BCUT2D eigenvalue weighted by molar-refractivity contribution is 5.79. The minimum Gasteiger partial charge on any atom is -0.356 e. The Kier molecular flexibility index (Phi) is 7.26. The van der Waals surface area contributed by atoms with Crippen LogP contribution in [0.25, 0.3) is 0 Å². The molecular weight excluding hydrogens is 342 g/mol. The van der Waals surface area contributed by atoms with Crippen molar-refractivity contribution in [2.75, 3.05) is 32.7 Å². The Morgan fingerprint density at radius 3 is 2.78 bits per heavy atom. The monoisotopic (exact) mass is 375 g/mol. The van der Waals surface area contributed by atoms with Crippen LogP contribution in [0.3, 0.4) is 0 Å². The van der Waals surface area contributed by atoms with E-state index >= 15 is 0 Å². The second-order valence-electron chi connectivity index (χ2n) is 7.99. The van der Waals surface area contributed by atoms with Gasteiger partial charge in [-0.15, -0.1) is 0 Å². The van der Waals surface area contributed by atoms with E-state index in [1.165, 1.54) is 5.56 Å². The van der Waals surface area contributed by atoms with Crippen LogP contribution < -0.4 is 5.32 Å². The van der Waals surface area contributed by atoms with Crippen molar-refractivity contribution in [3.05, 3.63) is 18.0 Å². The zero-order valence-electron chi connectivity index (χ0n) is 16.5. The lowest BCUT2D eigenvalue weighted by molar-refractivity contribution is -0.131. The summed E-state index contributed by atoms with van der Waals surface area (Å²) in [5.74, 6) is 0.838. The number of hydrogen-bond acceptors (Lipinski definition) is 4. The van der Waals surface area contributed by atoms with Crippen LogP contribution >= 0.6 is 0 Å². The number of likely N-dealkylation sites (tertiary alicyclic amines) is 2. The fourth-order valence-electron chi connectivity index (χ4n) is 4.02. The molecule has 7 nitrogen and oxygen atoms in total. The van der Waals surface area contributed by atoms with Gasteiger partial charge in [-0.3, -0.25) is 19.2 Å². The summed E-state index contributed by atoms with van der Waals surface area (Å²) < 4.78 is 1.84. The van der Waals surface area contributed by atoms with E-state index in [2.05, 4.69) is 21.5 Å². The molecule has 1 aromatic heterocycles. The second-order valence-corrected chi connectivity index (χ2v) is 7.99. The molecule has 0 spiro atoms. The number of nitrogens with one attached hydrogen (secondary N) is 1. The fraction of sp³-hybridized carbons (Fsp3) is 0.750. The first-order valence-electron chi connectivity index (χ1n) is 10.3. The number of nitrogens with zero attached hydrogens (tertiary/aromatic N) is 4. The maximum absolute atomic E-state index is 12.2. The summed E-state index contributed by atoms with van der Waals surface area (Å²) in [7, 11) is 1.95. The Morgan fingerprint density at radius 1 is 1.22 bits per heavy atom. The summed E-state index contributed by atoms with van der Waals surface area (Å²) in [6, 6.07) is 0. The van der Waals surface area contributed by atoms with Crippen LogP contribution in [0.2, 0.25) is 0 Å². The van der Waals surface area contributed by atoms with Gasteiger partial charge in [-0.1, -0.05) is 6.42 Å². The first-order chi connectivity index (χ1) is 13.1. The van der Waals surface area contributed by atoms with E-state index < -0.39 is 0 Å². The number of carbonyl (C=O) groups excluding carboxylic acids is 2. The SMILES string of the molecule is Cn1cc(CN2CCC(CNC(=O)CCN3CCCCCC3=O)CC2)cn1. The van der Waals surface area contributed by atoms with Crippen molar-refractivity contribution in [3.63, 3.8) is 0 Å². The summed E-state index contributed by atoms with van der Waals surface area (Å²) in [5, 5.41) is 7.31. The lowest BCUT2D eigenvalue weighted by Crippen LogP contribution is -2.39. The van der Waals surface area contributed by atoms with Crippen LogP contribution in [0.5, 0.6) is 0 Å². The van der Waals surface area contributed by atoms with Crippen molar-refractivity contribution < 1.29 is 9.59 Å². The highest BCUT2D eigenvalue weighted by Gasteiger charge is 2.21. The van der Waals surface area contributed by atoms with Gasteiger partial charge < -0.3 is 10.2 Å². The smallest absolute Gasteiger partial charge is 0.222 e. The third-order valence-electron chi connectivity index (χ3n) is 5.74. The van der Waals surface area contributed by atoms with Crippen molar-refractivity contribution in [1.29, 1.82) is 0 Å². The molecule has 0 unspecified atom stereocenters. The van der Waals surface area contributed by atoms with Crippen LogP contribution in [0.15, 0.2) is 12.4 Å². The summed E-state index contributed by atoms with van der Waals surface area (Å²) in [6.45, 7) is 5.22. The minimum absolute atomic E-state index is 0.0739. The Balaban J connectivity index is 1.30. The lowest BCUT2D eigenvalue weighted by atomic mass is 9.96. The molecule has 3 heterocycles. The van der Waals surface area contributed by atoms with Crippen LogP contribution in [0.1, 0.15) is 50.5 Å². The average Bonchev–Trinajstić information content (AvgIpc) is 2.95. The summed E-state index contributed by atoms with van der Waals surface area (Å²) in [5.41, 5.74) is 1.26. The van der Waals surface area contributed by atoms with Crippen molar-refractivity contribution >= 4 is 11.8 Å². The maximum Gasteiger partial charge on any atom is 0.222 e. The minimum atomic E-state index is 0.0739. The second kappa shape index (κ2) is 9.88. The molecule has 2 aliphatic rings. The quantitative estimate of drug-likeness (QED) is 0.785. The first-order valence-corrected chi connectivity index (χ1v) is 10.3. The number of aryl methyl sites for hydroxylation is 1. The van der Waals surface area contributed by atoms with E-state index in [-0.39, 0.29) is 11.8 Å². The van der Waals surface area contributed by atoms with Gasteiger partial charge >= 0.3 is 0 Å². The number of hydrogen-bond donors (Lipinski definition) is 1. The molecule has 2 saturated heterocycles. The van der Waals surface area contributed by atoms with Crippen molar-refractivity contribution in [2.45, 2.75) is 51.5 Å². The third kappa shape index (κ3) is 6.34. The number of piperidine rings is 1. The molecule has 0 aromatic carbocycles. The first kappa shape index (κ1) is 19.9. The van der Waals surface area contributed by atoms with E-state index in [4.69, 9.17) is 0 Å². The molecule has 0 bridgehead atoms. The number of rotatable bonds is 7. The number of carbonyl (C=O) groups is 2. The molecule has 0 radical (unpaired) electrons. The molecule has 1 N–H and O–H groups in total. The average molecular weight is 376 g/mol. The topological polar surface area (TPSA) is 70.5 Å². The van der Waals surface area contributed by atoms with E-state index in [1.807, 2.05) is 22.8 Å². The molecule has 0 aliphatic carbocycles. The predicted octanol–water partition coefficient (Wildman–Crippen LogP) is 1.54. The highest BCUT2D eigenvalue weighted by Crippen LogP contribution is 2.18. The van der Waals surface area contributed by atoms with Gasteiger partial charge in [0.1, 0.15) is 0 Å². The fourth-order valence-corrected chi connectivity index (χ4v) is 4.02.